The number of hydrogen-bond donors (Lipinski definition) is 0. The SMILES string of the molecule is O=C(c1ccc2ncsc2c1)N1CCC(Cn2cnc(C(F)F)cc2=O)CC1. The summed E-state index contributed by atoms with van der Waals surface area (Å²) < 4.78 is 27.6. The Labute approximate surface area is 163 Å². The van der Waals surface area contributed by atoms with Crippen LogP contribution in [-0.2, 0) is 6.54 Å². The van der Waals surface area contributed by atoms with E-state index in [-0.39, 0.29) is 11.8 Å². The molecule has 1 aliphatic heterocycles. The van der Waals surface area contributed by atoms with E-state index in [0.717, 1.165) is 29.1 Å². The van der Waals surface area contributed by atoms with Crippen molar-refractivity contribution in [3.8, 4) is 0 Å². The third kappa shape index (κ3) is 3.80. The van der Waals surface area contributed by atoms with E-state index in [9.17, 15) is 18.4 Å². The van der Waals surface area contributed by atoms with Gasteiger partial charge in [0, 0.05) is 31.3 Å². The number of benzene rings is 1. The number of likely N-dealkylation sites (tertiary alicyclic amines) is 1. The number of halogens is 2. The average molecular weight is 404 g/mol. The summed E-state index contributed by atoms with van der Waals surface area (Å²) in [6.07, 6.45) is -0.0679. The predicted octanol–water partition coefficient (Wildman–Crippen LogP) is 3.34. The summed E-state index contributed by atoms with van der Waals surface area (Å²) in [5.74, 6) is 0.193. The van der Waals surface area contributed by atoms with Crippen LogP contribution >= 0.6 is 11.3 Å². The Kier molecular flexibility index (Phi) is 5.17. The van der Waals surface area contributed by atoms with E-state index >= 15 is 0 Å². The third-order valence-corrected chi connectivity index (χ3v) is 5.85. The Bertz CT molecular complexity index is 1060. The molecule has 1 fully saturated rings. The van der Waals surface area contributed by atoms with Gasteiger partial charge in [-0.3, -0.25) is 14.2 Å². The molecule has 0 radical (unpaired) electrons. The van der Waals surface area contributed by atoms with Crippen molar-refractivity contribution >= 4 is 27.5 Å². The summed E-state index contributed by atoms with van der Waals surface area (Å²) >= 11 is 1.50. The molecule has 0 bridgehead atoms. The molecule has 6 nitrogen and oxygen atoms in total. The van der Waals surface area contributed by atoms with Crippen molar-refractivity contribution in [2.75, 3.05) is 13.1 Å². The molecular weight excluding hydrogens is 386 g/mol. The number of piperidine rings is 1. The number of nitrogens with zero attached hydrogens (tertiary/aromatic N) is 4. The number of rotatable bonds is 4. The maximum atomic E-state index is 12.8. The zero-order valence-electron chi connectivity index (χ0n) is 14.9. The predicted molar refractivity (Wildman–Crippen MR) is 102 cm³/mol. The zero-order valence-corrected chi connectivity index (χ0v) is 15.7. The molecule has 0 unspecified atom stereocenters. The van der Waals surface area contributed by atoms with Crippen LogP contribution in [0.5, 0.6) is 0 Å². The highest BCUT2D eigenvalue weighted by Crippen LogP contribution is 2.23. The summed E-state index contributed by atoms with van der Waals surface area (Å²) in [7, 11) is 0. The molecule has 1 saturated heterocycles. The van der Waals surface area contributed by atoms with Gasteiger partial charge in [-0.05, 0) is 37.0 Å². The van der Waals surface area contributed by atoms with Crippen molar-refractivity contribution in [3.63, 3.8) is 0 Å². The van der Waals surface area contributed by atoms with Crippen LogP contribution in [0.2, 0.25) is 0 Å². The van der Waals surface area contributed by atoms with Crippen LogP contribution in [-0.4, -0.2) is 38.4 Å². The molecule has 0 saturated carbocycles. The fourth-order valence-corrected chi connectivity index (χ4v) is 4.18. The number of amides is 1. The maximum absolute atomic E-state index is 12.8. The third-order valence-electron chi connectivity index (χ3n) is 5.06. The standard InChI is InChI=1S/C19H18F2N4O2S/c20-18(21)15-8-17(26)25(10-22-15)9-12-3-5-24(6-4-12)19(27)13-1-2-14-16(7-13)28-11-23-14/h1-2,7-8,10-12,18H,3-6,9H2. The Morgan fingerprint density at radius 1 is 1.21 bits per heavy atom. The van der Waals surface area contributed by atoms with E-state index in [1.54, 1.807) is 11.6 Å². The smallest absolute Gasteiger partial charge is 0.280 e. The first-order chi connectivity index (χ1) is 13.5. The average Bonchev–Trinajstić information content (AvgIpc) is 3.17. The van der Waals surface area contributed by atoms with Crippen LogP contribution in [0.15, 0.2) is 40.9 Å². The highest BCUT2D eigenvalue weighted by molar-refractivity contribution is 7.16. The molecule has 0 aliphatic carbocycles. The van der Waals surface area contributed by atoms with Gasteiger partial charge in [0.15, 0.2) is 0 Å². The monoisotopic (exact) mass is 404 g/mol. The maximum Gasteiger partial charge on any atom is 0.280 e. The van der Waals surface area contributed by atoms with Crippen molar-refractivity contribution in [3.05, 3.63) is 57.7 Å². The van der Waals surface area contributed by atoms with Crippen LogP contribution in [0.1, 0.15) is 35.3 Å². The van der Waals surface area contributed by atoms with Crippen LogP contribution in [0.3, 0.4) is 0 Å². The van der Waals surface area contributed by atoms with Crippen LogP contribution in [0.4, 0.5) is 8.78 Å². The molecule has 3 heterocycles. The summed E-state index contributed by atoms with van der Waals surface area (Å²) in [6.45, 7) is 1.62. The minimum atomic E-state index is -2.75. The van der Waals surface area contributed by atoms with E-state index in [0.29, 0.717) is 25.2 Å². The molecule has 4 rings (SSSR count). The molecule has 9 heteroatoms. The number of hydrogen-bond acceptors (Lipinski definition) is 5. The van der Waals surface area contributed by atoms with Gasteiger partial charge in [0.25, 0.3) is 17.9 Å². The van der Waals surface area contributed by atoms with Crippen molar-refractivity contribution < 1.29 is 13.6 Å². The Morgan fingerprint density at radius 3 is 2.71 bits per heavy atom. The molecule has 3 aromatic rings. The van der Waals surface area contributed by atoms with Crippen molar-refractivity contribution in [2.45, 2.75) is 25.8 Å². The Morgan fingerprint density at radius 2 is 2.00 bits per heavy atom. The number of thiazole rings is 1. The molecule has 1 aliphatic rings. The summed E-state index contributed by atoms with van der Waals surface area (Å²) in [5, 5.41) is 0. The second-order valence-electron chi connectivity index (χ2n) is 6.88. The number of fused-ring (bicyclic) bond motifs is 1. The van der Waals surface area contributed by atoms with Gasteiger partial charge in [-0.2, -0.15) is 0 Å². The van der Waals surface area contributed by atoms with Gasteiger partial charge in [-0.1, -0.05) is 0 Å². The molecule has 0 spiro atoms. The van der Waals surface area contributed by atoms with E-state index in [1.807, 2.05) is 17.0 Å². The minimum absolute atomic E-state index is 0.00568. The summed E-state index contributed by atoms with van der Waals surface area (Å²) in [5.41, 5.74) is 2.33. The molecule has 2 aromatic heterocycles. The normalized spacial score (nSPS) is 15.5. The van der Waals surface area contributed by atoms with Crippen molar-refractivity contribution in [2.24, 2.45) is 5.92 Å². The minimum Gasteiger partial charge on any atom is -0.339 e. The molecule has 0 N–H and O–H groups in total. The topological polar surface area (TPSA) is 68.1 Å². The number of alkyl halides is 2. The van der Waals surface area contributed by atoms with E-state index in [2.05, 4.69) is 9.97 Å². The molecule has 0 atom stereocenters. The summed E-state index contributed by atoms with van der Waals surface area (Å²) in [4.78, 5) is 34.4. The Balaban J connectivity index is 1.38. The first kappa shape index (κ1) is 18.7. The molecule has 1 aromatic carbocycles. The van der Waals surface area contributed by atoms with Crippen molar-refractivity contribution in [1.82, 2.24) is 19.4 Å². The van der Waals surface area contributed by atoms with Gasteiger partial charge in [0.1, 0.15) is 5.69 Å². The van der Waals surface area contributed by atoms with Crippen LogP contribution in [0, 0.1) is 5.92 Å². The molecule has 28 heavy (non-hydrogen) atoms. The first-order valence-corrected chi connectivity index (χ1v) is 9.86. The van der Waals surface area contributed by atoms with Crippen molar-refractivity contribution in [1.29, 1.82) is 0 Å². The number of carbonyl (C=O) groups is 1. The highest BCUT2D eigenvalue weighted by Gasteiger charge is 2.24. The lowest BCUT2D eigenvalue weighted by atomic mass is 9.96. The van der Waals surface area contributed by atoms with Gasteiger partial charge >= 0.3 is 0 Å². The van der Waals surface area contributed by atoms with Gasteiger partial charge in [0.05, 0.1) is 22.1 Å². The largest absolute Gasteiger partial charge is 0.339 e. The molecule has 1 amide bonds. The Hall–Kier alpha value is -2.68. The zero-order chi connectivity index (χ0) is 19.7. The summed E-state index contributed by atoms with van der Waals surface area (Å²) in [6, 6.07) is 6.41. The number of aromatic nitrogens is 3. The lowest BCUT2D eigenvalue weighted by Gasteiger charge is -2.32. The van der Waals surface area contributed by atoms with Crippen LogP contribution in [0.25, 0.3) is 10.2 Å². The van der Waals surface area contributed by atoms with E-state index < -0.39 is 17.7 Å². The second-order valence-corrected chi connectivity index (χ2v) is 7.76. The van der Waals surface area contributed by atoms with Gasteiger partial charge in [0.2, 0.25) is 0 Å². The van der Waals surface area contributed by atoms with Gasteiger partial charge in [-0.15, -0.1) is 11.3 Å². The molecule has 146 valence electrons. The fourth-order valence-electron chi connectivity index (χ4n) is 3.46. The quantitative estimate of drug-likeness (QED) is 0.669. The number of carbonyl (C=O) groups excluding carboxylic acids is 1. The first-order valence-electron chi connectivity index (χ1n) is 8.98. The van der Waals surface area contributed by atoms with Crippen LogP contribution < -0.4 is 5.56 Å². The van der Waals surface area contributed by atoms with E-state index in [1.165, 1.54) is 22.2 Å². The fraction of sp³-hybridized carbons (Fsp3) is 0.368. The lowest BCUT2D eigenvalue weighted by Crippen LogP contribution is -2.40. The van der Waals surface area contributed by atoms with Gasteiger partial charge < -0.3 is 4.90 Å². The second kappa shape index (κ2) is 7.75. The van der Waals surface area contributed by atoms with E-state index in [4.69, 9.17) is 0 Å². The highest BCUT2D eigenvalue weighted by atomic mass is 32.1. The molecular formula is C19H18F2N4O2S. The lowest BCUT2D eigenvalue weighted by molar-refractivity contribution is 0.0682. The van der Waals surface area contributed by atoms with Gasteiger partial charge in [-0.25, -0.2) is 18.7 Å².